The average molecular weight is 156 g/mol. The van der Waals surface area contributed by atoms with Crippen LogP contribution in [0.2, 0.25) is 0 Å². The minimum absolute atomic E-state index is 0. The number of carbonyl (C=O) groups excluding carboxylic acids is 1. The predicted octanol–water partition coefficient (Wildman–Crippen LogP) is -3.25. The zero-order valence-corrected chi connectivity index (χ0v) is 4.86. The lowest BCUT2D eigenvalue weighted by molar-refractivity contribution is -0.402. The summed E-state index contributed by atoms with van der Waals surface area (Å²) < 4.78 is 0. The van der Waals surface area contributed by atoms with Crippen LogP contribution in [0.15, 0.2) is 0 Å². The SMILES string of the molecule is NNC([NH3+])=O.O.O=[N+]([O-])[O-]. The van der Waals surface area contributed by atoms with Crippen LogP contribution in [0.1, 0.15) is 0 Å². The van der Waals surface area contributed by atoms with Gasteiger partial charge in [0.1, 0.15) is 0 Å². The van der Waals surface area contributed by atoms with E-state index in [1.807, 2.05) is 0 Å². The van der Waals surface area contributed by atoms with Gasteiger partial charge in [-0.25, -0.2) is 16.1 Å². The largest absolute Gasteiger partial charge is 0.425 e. The first kappa shape index (κ1) is 15.8. The molecule has 0 atom stereocenters. The number of nitrogens with two attached hydrogens (primary N) is 1. The van der Waals surface area contributed by atoms with E-state index >= 15 is 0 Å². The van der Waals surface area contributed by atoms with Gasteiger partial charge in [0, 0.05) is 0 Å². The monoisotopic (exact) mass is 156 g/mol. The Morgan fingerprint density at radius 2 is 1.70 bits per heavy atom. The number of carbonyl (C=O) groups is 1. The van der Waals surface area contributed by atoms with Crippen molar-refractivity contribution in [1.29, 1.82) is 0 Å². The first-order valence-electron chi connectivity index (χ1n) is 1.64. The van der Waals surface area contributed by atoms with Gasteiger partial charge >= 0.3 is 6.03 Å². The summed E-state index contributed by atoms with van der Waals surface area (Å²) >= 11 is 0. The molecule has 0 heterocycles. The lowest BCUT2D eigenvalue weighted by Crippen LogP contribution is -2.64. The van der Waals surface area contributed by atoms with Crippen molar-refractivity contribution in [1.82, 2.24) is 5.43 Å². The molecule has 0 aliphatic heterocycles. The highest BCUT2D eigenvalue weighted by atomic mass is 16.9. The number of quaternary nitrogens is 1. The van der Waals surface area contributed by atoms with Crippen molar-refractivity contribution in [3.05, 3.63) is 15.3 Å². The summed E-state index contributed by atoms with van der Waals surface area (Å²) in [6, 6.07) is -0.468. The second-order valence-corrected chi connectivity index (χ2v) is 0.791. The van der Waals surface area contributed by atoms with Gasteiger partial charge in [0.25, 0.3) is 0 Å². The van der Waals surface area contributed by atoms with Gasteiger partial charge in [0.05, 0.1) is 5.09 Å². The van der Waals surface area contributed by atoms with Gasteiger partial charge in [-0.05, 0) is 0 Å². The van der Waals surface area contributed by atoms with Crippen molar-refractivity contribution in [3.63, 3.8) is 0 Å². The van der Waals surface area contributed by atoms with E-state index in [1.54, 1.807) is 5.43 Å². The molecule has 0 rings (SSSR count). The molecule has 0 aromatic carbocycles. The molecule has 0 saturated carbocycles. The molecule has 10 heavy (non-hydrogen) atoms. The number of rotatable bonds is 0. The molecule has 62 valence electrons. The van der Waals surface area contributed by atoms with Gasteiger partial charge in [-0.3, -0.25) is 5.73 Å². The third kappa shape index (κ3) is 667. The molecular weight excluding hydrogens is 148 g/mol. The van der Waals surface area contributed by atoms with Crippen molar-refractivity contribution in [2.75, 3.05) is 0 Å². The number of nitrogens with one attached hydrogen (secondary N) is 1. The van der Waals surface area contributed by atoms with Crippen LogP contribution in [-0.4, -0.2) is 16.6 Å². The topological polar surface area (TPSA) is 180 Å². The van der Waals surface area contributed by atoms with E-state index in [2.05, 4.69) is 11.6 Å². The molecule has 9 heteroatoms. The van der Waals surface area contributed by atoms with Crippen LogP contribution >= 0.6 is 0 Å². The molecule has 0 spiro atoms. The van der Waals surface area contributed by atoms with Gasteiger partial charge in [-0.1, -0.05) is 0 Å². The molecule has 2 amide bonds. The van der Waals surface area contributed by atoms with Crippen LogP contribution in [0.25, 0.3) is 0 Å². The minimum atomic E-state index is -1.75. The summed E-state index contributed by atoms with van der Waals surface area (Å²) in [5.74, 6) is 4.51. The molecule has 0 aliphatic rings. The molecule has 0 saturated heterocycles. The number of hydrazine groups is 1. The zero-order chi connectivity index (χ0) is 7.86. The third-order valence-corrected chi connectivity index (χ3v) is 0.161. The van der Waals surface area contributed by atoms with Crippen LogP contribution in [0.4, 0.5) is 4.79 Å². The van der Waals surface area contributed by atoms with E-state index in [1.165, 1.54) is 0 Å². The first-order chi connectivity index (χ1) is 4.00. The Labute approximate surface area is 55.0 Å². The van der Waals surface area contributed by atoms with Gasteiger partial charge < -0.3 is 20.8 Å². The molecule has 0 fully saturated rings. The van der Waals surface area contributed by atoms with Crippen molar-refractivity contribution in [2.45, 2.75) is 0 Å². The van der Waals surface area contributed by atoms with Crippen molar-refractivity contribution in [3.8, 4) is 0 Å². The summed E-state index contributed by atoms with van der Waals surface area (Å²) in [6.45, 7) is 0. The molecule has 9 nitrogen and oxygen atoms in total. The number of hydrogen-bond donors (Lipinski definition) is 3. The molecule has 0 radical (unpaired) electrons. The molecular formula is CH8N4O5. The maximum absolute atomic E-state index is 9.47. The van der Waals surface area contributed by atoms with Gasteiger partial charge in [-0.2, -0.15) is 0 Å². The summed E-state index contributed by atoms with van der Waals surface area (Å²) in [4.78, 5) is 17.7. The number of urea groups is 1. The fraction of sp³-hybridized carbons (Fsp3) is 0. The average Bonchev–Trinajstić information content (AvgIpc) is 1.65. The normalized spacial score (nSPS) is 5.80. The lowest BCUT2D eigenvalue weighted by Gasteiger charge is -1.75. The molecule has 0 aromatic heterocycles. The standard InChI is InChI=1S/CH5N3O.NO3.H2O/c2-1(5)4-3;2-1(3)4;/h3H2,(H3,2,4,5);;1H2/q;-1;/p+1. The van der Waals surface area contributed by atoms with Crippen LogP contribution in [0.3, 0.4) is 0 Å². The van der Waals surface area contributed by atoms with Crippen LogP contribution in [-0.2, 0) is 0 Å². The number of hydrogen-bond acceptors (Lipinski definition) is 5. The predicted molar refractivity (Wildman–Crippen MR) is 29.6 cm³/mol. The summed E-state index contributed by atoms with van der Waals surface area (Å²) in [5, 5.41) is 14.8. The minimum Gasteiger partial charge on any atom is -0.412 e. The van der Waals surface area contributed by atoms with Crippen molar-refractivity contribution < 1.29 is 21.1 Å². The fourth-order valence-electron chi connectivity index (χ4n) is 0. The Kier molecular flexibility index (Phi) is 16.6. The fourth-order valence-corrected chi connectivity index (χ4v) is 0. The lowest BCUT2D eigenvalue weighted by atomic mass is 11.2. The third-order valence-electron chi connectivity index (χ3n) is 0.161. The zero-order valence-electron chi connectivity index (χ0n) is 4.86. The van der Waals surface area contributed by atoms with Crippen LogP contribution < -0.4 is 17.0 Å². The first-order valence-corrected chi connectivity index (χ1v) is 1.64. The Hall–Kier alpha value is -1.45. The second-order valence-electron chi connectivity index (χ2n) is 0.791. The van der Waals surface area contributed by atoms with E-state index in [-0.39, 0.29) is 5.48 Å². The van der Waals surface area contributed by atoms with Crippen molar-refractivity contribution in [2.24, 2.45) is 5.84 Å². The van der Waals surface area contributed by atoms with Gasteiger partial charge in [0.2, 0.25) is 0 Å². The Morgan fingerprint density at radius 3 is 1.70 bits per heavy atom. The van der Waals surface area contributed by atoms with Gasteiger partial charge in [0.15, 0.2) is 0 Å². The van der Waals surface area contributed by atoms with E-state index in [0.717, 1.165) is 0 Å². The highest BCUT2D eigenvalue weighted by Gasteiger charge is 1.80. The van der Waals surface area contributed by atoms with Crippen LogP contribution in [0, 0.1) is 15.3 Å². The van der Waals surface area contributed by atoms with Crippen LogP contribution in [0.5, 0.6) is 0 Å². The Balaban J connectivity index is -0.0000000910. The smallest absolute Gasteiger partial charge is 0.412 e. The molecule has 0 unspecified atom stereocenters. The number of nitrogens with zero attached hydrogens (tertiary/aromatic N) is 1. The van der Waals surface area contributed by atoms with E-state index in [4.69, 9.17) is 15.3 Å². The molecule has 0 bridgehead atoms. The Bertz CT molecular complexity index is 97.8. The molecule has 0 aliphatic carbocycles. The Morgan fingerprint density at radius 1 is 1.60 bits per heavy atom. The summed E-state index contributed by atoms with van der Waals surface area (Å²) in [7, 11) is 0. The maximum atomic E-state index is 9.47. The van der Waals surface area contributed by atoms with Crippen molar-refractivity contribution >= 4 is 6.03 Å². The second kappa shape index (κ2) is 10.5. The summed E-state index contributed by atoms with van der Waals surface area (Å²) in [5.41, 5.74) is 4.66. The maximum Gasteiger partial charge on any atom is 0.425 e. The highest BCUT2D eigenvalue weighted by Crippen LogP contribution is 1.44. The molecule has 8 N–H and O–H groups in total. The summed E-state index contributed by atoms with van der Waals surface area (Å²) in [6.07, 6.45) is 0. The van der Waals surface area contributed by atoms with Gasteiger partial charge in [-0.15, -0.1) is 0 Å². The highest BCUT2D eigenvalue weighted by molar-refractivity contribution is 5.60. The quantitative estimate of drug-likeness (QED) is 0.144. The van der Waals surface area contributed by atoms with E-state index in [0.29, 0.717) is 0 Å². The number of amides is 2. The van der Waals surface area contributed by atoms with E-state index < -0.39 is 11.1 Å². The molecule has 0 aromatic rings. The van der Waals surface area contributed by atoms with E-state index in [9.17, 15) is 4.79 Å².